The fourth-order valence-electron chi connectivity index (χ4n) is 2.87. The highest BCUT2D eigenvalue weighted by Crippen LogP contribution is 2.17. The third-order valence-electron chi connectivity index (χ3n) is 4.27. The maximum Gasteiger partial charge on any atom is 0.404 e. The second-order valence-electron chi connectivity index (χ2n) is 6.44. The van der Waals surface area contributed by atoms with Gasteiger partial charge in [0.05, 0.1) is 0 Å². The largest absolute Gasteiger partial charge is 0.450 e. The molecule has 1 unspecified atom stereocenters. The SMILES string of the molecule is CCCCCCCCCC(CCCCCCCC)OC(=O)Cl. The van der Waals surface area contributed by atoms with Gasteiger partial charge in [-0.05, 0) is 25.7 Å². The first-order chi connectivity index (χ1) is 10.7. The van der Waals surface area contributed by atoms with Gasteiger partial charge in [-0.15, -0.1) is 0 Å². The van der Waals surface area contributed by atoms with Gasteiger partial charge in [-0.25, -0.2) is 4.79 Å². The lowest BCUT2D eigenvalue weighted by Gasteiger charge is -2.16. The predicted octanol–water partition coefficient (Wildman–Crippen LogP) is 7.62. The number of halogens is 1. The summed E-state index contributed by atoms with van der Waals surface area (Å²) < 4.78 is 5.25. The summed E-state index contributed by atoms with van der Waals surface area (Å²) in [5.41, 5.74) is -0.640. The zero-order valence-corrected chi connectivity index (χ0v) is 15.6. The van der Waals surface area contributed by atoms with Crippen LogP contribution < -0.4 is 0 Å². The van der Waals surface area contributed by atoms with Crippen LogP contribution in [-0.2, 0) is 4.74 Å². The highest BCUT2D eigenvalue weighted by molar-refractivity contribution is 6.61. The zero-order valence-electron chi connectivity index (χ0n) is 14.9. The van der Waals surface area contributed by atoms with Crippen LogP contribution in [-0.4, -0.2) is 11.5 Å². The molecule has 0 spiro atoms. The summed E-state index contributed by atoms with van der Waals surface area (Å²) >= 11 is 5.39. The molecule has 0 N–H and O–H groups in total. The van der Waals surface area contributed by atoms with Crippen LogP contribution in [0.2, 0.25) is 0 Å². The molecule has 0 heterocycles. The van der Waals surface area contributed by atoms with E-state index in [1.165, 1.54) is 70.6 Å². The molecular weight excluding hydrogens is 296 g/mol. The molecule has 0 aromatic heterocycles. The number of hydrogen-bond donors (Lipinski definition) is 0. The van der Waals surface area contributed by atoms with E-state index in [0.29, 0.717) is 0 Å². The average molecular weight is 333 g/mol. The number of rotatable bonds is 16. The average Bonchev–Trinajstić information content (AvgIpc) is 2.49. The first kappa shape index (κ1) is 21.8. The van der Waals surface area contributed by atoms with Crippen molar-refractivity contribution < 1.29 is 9.53 Å². The molecule has 3 heteroatoms. The first-order valence-electron chi connectivity index (χ1n) is 9.56. The van der Waals surface area contributed by atoms with Crippen molar-refractivity contribution in [2.45, 2.75) is 116 Å². The summed E-state index contributed by atoms with van der Waals surface area (Å²) in [4.78, 5) is 11.0. The normalized spacial score (nSPS) is 12.3. The first-order valence-corrected chi connectivity index (χ1v) is 9.94. The van der Waals surface area contributed by atoms with Crippen molar-refractivity contribution >= 4 is 17.0 Å². The van der Waals surface area contributed by atoms with Crippen LogP contribution in [0, 0.1) is 0 Å². The van der Waals surface area contributed by atoms with Crippen LogP contribution in [0.15, 0.2) is 0 Å². The van der Waals surface area contributed by atoms with E-state index in [1.807, 2.05) is 0 Å². The van der Waals surface area contributed by atoms with E-state index in [-0.39, 0.29) is 6.10 Å². The molecule has 132 valence electrons. The highest BCUT2D eigenvalue weighted by Gasteiger charge is 2.12. The highest BCUT2D eigenvalue weighted by atomic mass is 35.5. The molecule has 0 aliphatic rings. The van der Waals surface area contributed by atoms with E-state index in [9.17, 15) is 4.79 Å². The molecule has 2 nitrogen and oxygen atoms in total. The van der Waals surface area contributed by atoms with Gasteiger partial charge in [0, 0.05) is 11.6 Å². The van der Waals surface area contributed by atoms with Gasteiger partial charge in [0.25, 0.3) is 0 Å². The van der Waals surface area contributed by atoms with E-state index >= 15 is 0 Å². The Morgan fingerprint density at radius 3 is 1.45 bits per heavy atom. The summed E-state index contributed by atoms with van der Waals surface area (Å²) in [5, 5.41) is 0. The molecule has 1 atom stereocenters. The Hall–Kier alpha value is -0.240. The number of carbonyl (C=O) groups excluding carboxylic acids is 1. The van der Waals surface area contributed by atoms with Gasteiger partial charge in [0.1, 0.15) is 6.10 Å². The molecule has 0 aromatic carbocycles. The fraction of sp³-hybridized carbons (Fsp3) is 0.947. The molecule has 0 aliphatic carbocycles. The van der Waals surface area contributed by atoms with Crippen LogP contribution in [0.4, 0.5) is 4.79 Å². The summed E-state index contributed by atoms with van der Waals surface area (Å²) in [6, 6.07) is 0. The Morgan fingerprint density at radius 1 is 0.727 bits per heavy atom. The van der Waals surface area contributed by atoms with Crippen LogP contribution in [0.25, 0.3) is 0 Å². The van der Waals surface area contributed by atoms with Crippen LogP contribution in [0.5, 0.6) is 0 Å². The molecule has 0 bridgehead atoms. The standard InChI is InChI=1S/C19H37ClO2/c1-3-5-7-9-11-13-15-17-18(22-19(20)21)16-14-12-10-8-6-4-2/h18H,3-17H2,1-2H3. The van der Waals surface area contributed by atoms with Crippen molar-refractivity contribution in [1.29, 1.82) is 0 Å². The molecule has 0 aromatic rings. The number of hydrogen-bond acceptors (Lipinski definition) is 2. The predicted molar refractivity (Wildman–Crippen MR) is 96.7 cm³/mol. The van der Waals surface area contributed by atoms with Crippen molar-refractivity contribution in [1.82, 2.24) is 0 Å². The van der Waals surface area contributed by atoms with Gasteiger partial charge >= 0.3 is 5.43 Å². The number of ether oxygens (including phenoxy) is 1. The minimum Gasteiger partial charge on any atom is -0.450 e. The number of carbonyl (C=O) groups is 1. The molecule has 0 saturated heterocycles. The summed E-state index contributed by atoms with van der Waals surface area (Å²) in [7, 11) is 0. The second-order valence-corrected chi connectivity index (χ2v) is 6.75. The minimum atomic E-state index is -0.640. The van der Waals surface area contributed by atoms with Crippen molar-refractivity contribution in [3.8, 4) is 0 Å². The Balaban J connectivity index is 3.63. The van der Waals surface area contributed by atoms with E-state index in [0.717, 1.165) is 25.7 Å². The molecule has 22 heavy (non-hydrogen) atoms. The van der Waals surface area contributed by atoms with Crippen LogP contribution in [0.3, 0.4) is 0 Å². The number of unbranched alkanes of at least 4 members (excludes halogenated alkanes) is 11. The topological polar surface area (TPSA) is 26.3 Å². The van der Waals surface area contributed by atoms with E-state index in [4.69, 9.17) is 16.3 Å². The Kier molecular flexibility index (Phi) is 16.9. The molecule has 0 fully saturated rings. The third kappa shape index (κ3) is 16.1. The monoisotopic (exact) mass is 332 g/mol. The fourth-order valence-corrected chi connectivity index (χ4v) is 3.00. The Labute approximate surface area is 143 Å². The van der Waals surface area contributed by atoms with Gasteiger partial charge in [0.2, 0.25) is 0 Å². The Bertz CT molecular complexity index is 244. The molecule has 0 rings (SSSR count). The molecule has 0 radical (unpaired) electrons. The van der Waals surface area contributed by atoms with E-state index in [1.54, 1.807) is 0 Å². The summed E-state index contributed by atoms with van der Waals surface area (Å²) in [5.74, 6) is 0. The van der Waals surface area contributed by atoms with Crippen molar-refractivity contribution in [3.05, 3.63) is 0 Å². The minimum absolute atomic E-state index is 0.0341. The molecule has 0 aliphatic heterocycles. The van der Waals surface area contributed by atoms with Crippen molar-refractivity contribution in [3.63, 3.8) is 0 Å². The summed E-state index contributed by atoms with van der Waals surface area (Å²) in [6.45, 7) is 4.48. The van der Waals surface area contributed by atoms with Gasteiger partial charge in [-0.3, -0.25) is 0 Å². The lowest BCUT2D eigenvalue weighted by molar-refractivity contribution is 0.106. The molecule has 0 saturated carbocycles. The van der Waals surface area contributed by atoms with E-state index in [2.05, 4.69) is 13.8 Å². The molecular formula is C19H37ClO2. The zero-order chi connectivity index (χ0) is 16.5. The lowest BCUT2D eigenvalue weighted by Crippen LogP contribution is -2.14. The summed E-state index contributed by atoms with van der Waals surface area (Å²) in [6.07, 6.45) is 18.7. The lowest BCUT2D eigenvalue weighted by atomic mass is 10.0. The molecule has 0 amide bonds. The van der Waals surface area contributed by atoms with Crippen LogP contribution in [0.1, 0.15) is 110 Å². The van der Waals surface area contributed by atoms with Crippen LogP contribution >= 0.6 is 11.6 Å². The van der Waals surface area contributed by atoms with E-state index < -0.39 is 5.43 Å². The van der Waals surface area contributed by atoms with Gasteiger partial charge in [-0.2, -0.15) is 0 Å². The van der Waals surface area contributed by atoms with Gasteiger partial charge in [-0.1, -0.05) is 84.5 Å². The smallest absolute Gasteiger partial charge is 0.404 e. The third-order valence-corrected chi connectivity index (χ3v) is 4.36. The van der Waals surface area contributed by atoms with Crippen molar-refractivity contribution in [2.24, 2.45) is 0 Å². The Morgan fingerprint density at radius 2 is 1.09 bits per heavy atom. The van der Waals surface area contributed by atoms with Gasteiger partial charge < -0.3 is 4.74 Å². The maximum absolute atomic E-state index is 11.0. The maximum atomic E-state index is 11.0. The second kappa shape index (κ2) is 17.1. The van der Waals surface area contributed by atoms with Crippen molar-refractivity contribution in [2.75, 3.05) is 0 Å². The quantitative estimate of drug-likeness (QED) is 0.214. The van der Waals surface area contributed by atoms with Gasteiger partial charge in [0.15, 0.2) is 0 Å².